The molecule has 0 unspecified atom stereocenters. The predicted octanol–water partition coefficient (Wildman–Crippen LogP) is 2.03. The number of hydrogen-bond acceptors (Lipinski definition) is 7. The van der Waals surface area contributed by atoms with Gasteiger partial charge in [-0.3, -0.25) is 0 Å². The fourth-order valence-electron chi connectivity index (χ4n) is 1.73. The average molecular weight is 337 g/mol. The van der Waals surface area contributed by atoms with Crippen molar-refractivity contribution in [3.8, 4) is 0 Å². The molecule has 0 radical (unpaired) electrons. The van der Waals surface area contributed by atoms with Gasteiger partial charge in [-0.05, 0) is 23.6 Å². The van der Waals surface area contributed by atoms with Crippen molar-refractivity contribution in [2.45, 2.75) is 13.0 Å². The van der Waals surface area contributed by atoms with Gasteiger partial charge < -0.3 is 21.1 Å². The summed E-state index contributed by atoms with van der Waals surface area (Å²) in [4.78, 5) is 22.7. The number of amides is 1. The second-order valence-corrected chi connectivity index (χ2v) is 4.88. The molecule has 1 aromatic carbocycles. The van der Waals surface area contributed by atoms with E-state index in [1.165, 1.54) is 0 Å². The van der Waals surface area contributed by atoms with Crippen LogP contribution in [-0.4, -0.2) is 34.2 Å². The Labute approximate surface area is 138 Å². The van der Waals surface area contributed by atoms with Gasteiger partial charge in [-0.15, -0.1) is 0 Å². The highest BCUT2D eigenvalue weighted by molar-refractivity contribution is 6.28. The lowest BCUT2D eigenvalue weighted by atomic mass is 10.2. The number of nitrogens with one attached hydrogen (secondary N) is 2. The minimum absolute atomic E-state index is 0.0893. The highest BCUT2D eigenvalue weighted by Gasteiger charge is 2.05. The fourth-order valence-corrected chi connectivity index (χ4v) is 1.89. The highest BCUT2D eigenvalue weighted by Crippen LogP contribution is 2.11. The number of rotatable bonds is 8. The van der Waals surface area contributed by atoms with Crippen LogP contribution in [0.2, 0.25) is 5.28 Å². The van der Waals surface area contributed by atoms with E-state index in [1.807, 2.05) is 30.3 Å². The van der Waals surface area contributed by atoms with E-state index >= 15 is 0 Å². The maximum Gasteiger partial charge on any atom is 0.404 e. The molecule has 0 fully saturated rings. The lowest BCUT2D eigenvalue weighted by Gasteiger charge is -2.08. The van der Waals surface area contributed by atoms with Gasteiger partial charge in [0.15, 0.2) is 0 Å². The molecule has 23 heavy (non-hydrogen) atoms. The summed E-state index contributed by atoms with van der Waals surface area (Å²) in [5.74, 6) is 0.726. The normalized spacial score (nSPS) is 10.1. The Morgan fingerprint density at radius 3 is 2.52 bits per heavy atom. The van der Waals surface area contributed by atoms with Gasteiger partial charge in [0.25, 0.3) is 0 Å². The Morgan fingerprint density at radius 1 is 1.13 bits per heavy atom. The van der Waals surface area contributed by atoms with Gasteiger partial charge in [0.1, 0.15) is 0 Å². The zero-order chi connectivity index (χ0) is 16.5. The summed E-state index contributed by atoms with van der Waals surface area (Å²) in [6.07, 6.45) is -0.223. The number of nitrogens with two attached hydrogens (primary N) is 1. The van der Waals surface area contributed by atoms with Crippen molar-refractivity contribution >= 4 is 29.6 Å². The minimum atomic E-state index is -0.791. The van der Waals surface area contributed by atoms with Gasteiger partial charge in [0.2, 0.25) is 17.2 Å². The van der Waals surface area contributed by atoms with Crippen molar-refractivity contribution in [3.63, 3.8) is 0 Å². The van der Waals surface area contributed by atoms with Crippen LogP contribution in [0.4, 0.5) is 16.7 Å². The summed E-state index contributed by atoms with van der Waals surface area (Å²) >= 11 is 5.89. The number of benzene rings is 1. The van der Waals surface area contributed by atoms with Gasteiger partial charge >= 0.3 is 6.09 Å². The number of halogens is 1. The Hall–Kier alpha value is -2.61. The number of aromatic nitrogens is 3. The first-order chi connectivity index (χ1) is 11.1. The molecule has 8 nitrogen and oxygen atoms in total. The van der Waals surface area contributed by atoms with E-state index in [1.54, 1.807) is 0 Å². The number of hydrogen-bond donors (Lipinski definition) is 3. The van der Waals surface area contributed by atoms with Crippen molar-refractivity contribution in [1.29, 1.82) is 0 Å². The zero-order valence-corrected chi connectivity index (χ0v) is 13.1. The Kier molecular flexibility index (Phi) is 6.37. The van der Waals surface area contributed by atoms with E-state index in [0.717, 1.165) is 5.56 Å². The number of carbonyl (C=O) groups is 1. The maximum absolute atomic E-state index is 10.4. The molecular weight excluding hydrogens is 320 g/mol. The number of carbonyl (C=O) groups excluding carboxylic acids is 1. The molecule has 1 heterocycles. The summed E-state index contributed by atoms with van der Waals surface area (Å²) in [5.41, 5.74) is 5.97. The average Bonchev–Trinajstić information content (AvgIpc) is 2.53. The van der Waals surface area contributed by atoms with E-state index in [2.05, 4.69) is 30.3 Å². The summed E-state index contributed by atoms with van der Waals surface area (Å²) in [6, 6.07) is 9.85. The molecule has 4 N–H and O–H groups in total. The largest absolute Gasteiger partial charge is 0.450 e. The molecule has 1 amide bonds. The first-order valence-corrected chi connectivity index (χ1v) is 7.37. The topological polar surface area (TPSA) is 115 Å². The fraction of sp³-hybridized carbons (Fsp3) is 0.286. The summed E-state index contributed by atoms with van der Waals surface area (Å²) in [6.45, 7) is 1.30. The van der Waals surface area contributed by atoms with Crippen molar-refractivity contribution < 1.29 is 9.53 Å². The predicted molar refractivity (Wildman–Crippen MR) is 87.2 cm³/mol. The molecular formula is C14H17ClN6O2. The maximum atomic E-state index is 10.4. The van der Waals surface area contributed by atoms with Crippen LogP contribution in [0, 0.1) is 0 Å². The van der Waals surface area contributed by atoms with Gasteiger partial charge in [-0.2, -0.15) is 15.0 Å². The molecule has 0 bridgehead atoms. The molecule has 2 rings (SSSR count). The molecule has 0 saturated heterocycles. The van der Waals surface area contributed by atoms with Crippen LogP contribution in [0.25, 0.3) is 0 Å². The third-order valence-corrected chi connectivity index (χ3v) is 2.92. The van der Waals surface area contributed by atoms with E-state index < -0.39 is 6.09 Å². The van der Waals surface area contributed by atoms with Crippen LogP contribution < -0.4 is 16.4 Å². The Balaban J connectivity index is 1.84. The van der Waals surface area contributed by atoms with E-state index in [-0.39, 0.29) is 11.9 Å². The molecule has 0 aliphatic carbocycles. The van der Waals surface area contributed by atoms with Crippen LogP contribution in [0.3, 0.4) is 0 Å². The molecule has 0 aliphatic heterocycles. The molecule has 122 valence electrons. The second kappa shape index (κ2) is 8.74. The number of anilines is 2. The smallest absolute Gasteiger partial charge is 0.404 e. The SMILES string of the molecule is NC(=O)OCCCNc1nc(Cl)nc(NCc2ccccc2)n1. The first-order valence-electron chi connectivity index (χ1n) is 6.99. The van der Waals surface area contributed by atoms with Crippen molar-refractivity contribution in [3.05, 3.63) is 41.2 Å². The lowest BCUT2D eigenvalue weighted by Crippen LogP contribution is -2.16. The molecule has 0 saturated carbocycles. The Morgan fingerprint density at radius 2 is 1.83 bits per heavy atom. The minimum Gasteiger partial charge on any atom is -0.450 e. The first kappa shape index (κ1) is 16.8. The van der Waals surface area contributed by atoms with Crippen molar-refractivity contribution in [2.24, 2.45) is 5.73 Å². The van der Waals surface area contributed by atoms with Crippen LogP contribution in [0.15, 0.2) is 30.3 Å². The second-order valence-electron chi connectivity index (χ2n) is 4.54. The van der Waals surface area contributed by atoms with Crippen LogP contribution in [0.1, 0.15) is 12.0 Å². The van der Waals surface area contributed by atoms with Crippen LogP contribution in [-0.2, 0) is 11.3 Å². The molecule has 0 atom stereocenters. The number of primary amides is 1. The number of ether oxygens (including phenoxy) is 1. The summed E-state index contributed by atoms with van der Waals surface area (Å²) in [7, 11) is 0. The van der Waals surface area contributed by atoms with E-state index in [4.69, 9.17) is 17.3 Å². The van der Waals surface area contributed by atoms with E-state index in [0.29, 0.717) is 31.4 Å². The molecule has 0 spiro atoms. The lowest BCUT2D eigenvalue weighted by molar-refractivity contribution is 0.156. The third kappa shape index (κ3) is 6.35. The molecule has 0 aliphatic rings. The highest BCUT2D eigenvalue weighted by atomic mass is 35.5. The van der Waals surface area contributed by atoms with Crippen LogP contribution >= 0.6 is 11.6 Å². The van der Waals surface area contributed by atoms with E-state index in [9.17, 15) is 4.79 Å². The summed E-state index contributed by atoms with van der Waals surface area (Å²) < 4.78 is 4.62. The van der Waals surface area contributed by atoms with Gasteiger partial charge in [0, 0.05) is 13.1 Å². The Bertz CT molecular complexity index is 640. The number of nitrogens with zero attached hydrogens (tertiary/aromatic N) is 3. The standard InChI is InChI=1S/C14H17ClN6O2/c15-11-19-13(17-7-4-8-23-12(16)22)21-14(20-11)18-9-10-5-2-1-3-6-10/h1-3,5-6H,4,7-9H2,(H2,16,22)(H2,17,18,19,20,21). The van der Waals surface area contributed by atoms with Gasteiger partial charge in [-0.25, -0.2) is 4.79 Å². The quantitative estimate of drug-likeness (QED) is 0.632. The monoisotopic (exact) mass is 336 g/mol. The van der Waals surface area contributed by atoms with Crippen molar-refractivity contribution in [1.82, 2.24) is 15.0 Å². The zero-order valence-electron chi connectivity index (χ0n) is 12.3. The molecule has 1 aromatic heterocycles. The third-order valence-electron chi connectivity index (χ3n) is 2.75. The van der Waals surface area contributed by atoms with Crippen molar-refractivity contribution in [2.75, 3.05) is 23.8 Å². The van der Waals surface area contributed by atoms with Gasteiger partial charge in [0.05, 0.1) is 6.61 Å². The molecule has 2 aromatic rings. The van der Waals surface area contributed by atoms with Crippen LogP contribution in [0.5, 0.6) is 0 Å². The molecule has 9 heteroatoms. The van der Waals surface area contributed by atoms with Gasteiger partial charge in [-0.1, -0.05) is 30.3 Å². The summed E-state index contributed by atoms with van der Waals surface area (Å²) in [5, 5.41) is 6.15.